The van der Waals surface area contributed by atoms with Crippen LogP contribution < -0.4 is 10.1 Å². The van der Waals surface area contributed by atoms with Gasteiger partial charge in [-0.2, -0.15) is 0 Å². The molecule has 0 spiro atoms. The van der Waals surface area contributed by atoms with Crippen LogP contribution in [0.4, 0.5) is 11.4 Å². The summed E-state index contributed by atoms with van der Waals surface area (Å²) in [5.41, 5.74) is 1.26. The molecule has 0 radical (unpaired) electrons. The van der Waals surface area contributed by atoms with Crippen LogP contribution in [-0.2, 0) is 11.3 Å². The zero-order valence-corrected chi connectivity index (χ0v) is 15.9. The number of para-hydroxylation sites is 2. The van der Waals surface area contributed by atoms with Gasteiger partial charge < -0.3 is 10.1 Å². The number of carbonyl (C=O) groups is 1. The Balaban J connectivity index is 1.53. The smallest absolute Gasteiger partial charge is 0.273 e. The number of ether oxygens (including phenoxy) is 1. The van der Waals surface area contributed by atoms with Gasteiger partial charge in [0.1, 0.15) is 11.5 Å². The summed E-state index contributed by atoms with van der Waals surface area (Å²) in [5, 5.41) is 13.9. The molecule has 3 aromatic rings. The molecule has 0 aliphatic carbocycles. The first-order valence-corrected chi connectivity index (χ1v) is 9.05. The van der Waals surface area contributed by atoms with Crippen LogP contribution in [0.25, 0.3) is 0 Å². The quantitative estimate of drug-likeness (QED) is 0.453. The molecule has 0 aliphatic rings. The Morgan fingerprint density at radius 2 is 1.59 bits per heavy atom. The minimum absolute atomic E-state index is 0.0498. The number of nitrogens with one attached hydrogen (secondary N) is 1. The van der Waals surface area contributed by atoms with E-state index in [9.17, 15) is 14.9 Å². The highest BCUT2D eigenvalue weighted by molar-refractivity contribution is 5.92. The molecule has 0 atom stereocenters. The van der Waals surface area contributed by atoms with Crippen molar-refractivity contribution in [2.24, 2.45) is 0 Å². The molecule has 0 aromatic heterocycles. The molecular weight excluding hydrogens is 370 g/mol. The highest BCUT2D eigenvalue weighted by Crippen LogP contribution is 2.23. The van der Waals surface area contributed by atoms with Gasteiger partial charge in [0.2, 0.25) is 5.91 Å². The van der Waals surface area contributed by atoms with Gasteiger partial charge in [0.05, 0.1) is 11.5 Å². The van der Waals surface area contributed by atoms with E-state index < -0.39 is 4.92 Å². The third-order valence-electron chi connectivity index (χ3n) is 4.16. The van der Waals surface area contributed by atoms with Crippen molar-refractivity contribution >= 4 is 17.3 Å². The number of nitro groups is 1. The number of hydrogen-bond acceptors (Lipinski definition) is 5. The van der Waals surface area contributed by atoms with Crippen LogP contribution in [0.2, 0.25) is 0 Å². The van der Waals surface area contributed by atoms with Crippen molar-refractivity contribution in [2.75, 3.05) is 18.9 Å². The minimum atomic E-state index is -0.414. The van der Waals surface area contributed by atoms with Gasteiger partial charge in [0, 0.05) is 23.9 Å². The molecule has 3 rings (SSSR count). The van der Waals surface area contributed by atoms with Gasteiger partial charge in [-0.05, 0) is 43.4 Å². The second-order valence-corrected chi connectivity index (χ2v) is 6.55. The number of benzene rings is 3. The topological polar surface area (TPSA) is 84.7 Å². The Kier molecular flexibility index (Phi) is 6.55. The first kappa shape index (κ1) is 20.0. The normalized spacial score (nSPS) is 10.6. The average molecular weight is 391 g/mol. The molecule has 0 saturated heterocycles. The largest absolute Gasteiger partial charge is 0.457 e. The van der Waals surface area contributed by atoms with Crippen molar-refractivity contribution in [1.29, 1.82) is 0 Å². The van der Waals surface area contributed by atoms with Gasteiger partial charge in [-0.1, -0.05) is 36.4 Å². The van der Waals surface area contributed by atoms with Crippen molar-refractivity contribution in [1.82, 2.24) is 4.90 Å². The predicted molar refractivity (Wildman–Crippen MR) is 111 cm³/mol. The van der Waals surface area contributed by atoms with Crippen LogP contribution in [0, 0.1) is 10.1 Å². The van der Waals surface area contributed by atoms with Gasteiger partial charge >= 0.3 is 0 Å². The Hall–Kier alpha value is -3.71. The molecule has 0 unspecified atom stereocenters. The molecular formula is C22H21N3O4. The number of likely N-dealkylation sites (N-methyl/N-ethyl adjacent to an activating group) is 1. The fourth-order valence-corrected chi connectivity index (χ4v) is 2.85. The van der Waals surface area contributed by atoms with Crippen molar-refractivity contribution < 1.29 is 14.5 Å². The summed E-state index contributed by atoms with van der Waals surface area (Å²) < 4.78 is 5.72. The van der Waals surface area contributed by atoms with Crippen molar-refractivity contribution in [3.05, 3.63) is 94.5 Å². The van der Waals surface area contributed by atoms with E-state index in [1.54, 1.807) is 54.4 Å². The van der Waals surface area contributed by atoms with E-state index in [2.05, 4.69) is 5.32 Å². The molecule has 3 aromatic carbocycles. The van der Waals surface area contributed by atoms with E-state index in [0.29, 0.717) is 23.5 Å². The van der Waals surface area contributed by atoms with Crippen LogP contribution in [0.1, 0.15) is 5.56 Å². The van der Waals surface area contributed by atoms with E-state index in [4.69, 9.17) is 4.74 Å². The van der Waals surface area contributed by atoms with Gasteiger partial charge in [0.25, 0.3) is 5.69 Å². The molecule has 7 nitrogen and oxygen atoms in total. The van der Waals surface area contributed by atoms with Gasteiger partial charge in [-0.3, -0.25) is 19.8 Å². The van der Waals surface area contributed by atoms with Crippen LogP contribution in [0.3, 0.4) is 0 Å². The first-order chi connectivity index (χ1) is 14.0. The molecule has 0 saturated carbocycles. The van der Waals surface area contributed by atoms with Gasteiger partial charge in [-0.25, -0.2) is 0 Å². The predicted octanol–water partition coefficient (Wildman–Crippen LogP) is 4.46. The van der Waals surface area contributed by atoms with Gasteiger partial charge in [-0.15, -0.1) is 0 Å². The van der Waals surface area contributed by atoms with E-state index in [0.717, 1.165) is 5.75 Å². The lowest BCUT2D eigenvalue weighted by Gasteiger charge is -2.16. The summed E-state index contributed by atoms with van der Waals surface area (Å²) in [6.45, 7) is 0.405. The lowest BCUT2D eigenvalue weighted by Crippen LogP contribution is -2.30. The molecule has 0 heterocycles. The maximum Gasteiger partial charge on any atom is 0.273 e. The zero-order valence-electron chi connectivity index (χ0n) is 15.9. The standard InChI is InChI=1S/C22H21N3O4/c1-24(15-17-7-5-6-10-21(17)25(27)28)16-22(26)23-18-11-13-20(14-12-18)29-19-8-3-2-4-9-19/h2-14H,15-16H2,1H3,(H,23,26). The Morgan fingerprint density at radius 3 is 2.28 bits per heavy atom. The highest BCUT2D eigenvalue weighted by atomic mass is 16.6. The third-order valence-corrected chi connectivity index (χ3v) is 4.16. The van der Waals surface area contributed by atoms with Crippen LogP contribution in [0.15, 0.2) is 78.9 Å². The van der Waals surface area contributed by atoms with Crippen LogP contribution in [-0.4, -0.2) is 29.3 Å². The SMILES string of the molecule is CN(CC(=O)Nc1ccc(Oc2ccccc2)cc1)Cc1ccccc1[N+](=O)[O-]. The summed E-state index contributed by atoms with van der Waals surface area (Å²) in [6, 6.07) is 23.0. The van der Waals surface area contributed by atoms with Crippen molar-refractivity contribution in [3.8, 4) is 11.5 Å². The van der Waals surface area contributed by atoms with Crippen molar-refractivity contribution in [3.63, 3.8) is 0 Å². The molecule has 0 aliphatic heterocycles. The molecule has 1 N–H and O–H groups in total. The zero-order chi connectivity index (χ0) is 20.6. The Morgan fingerprint density at radius 1 is 0.966 bits per heavy atom. The molecule has 29 heavy (non-hydrogen) atoms. The molecule has 1 amide bonds. The van der Waals surface area contributed by atoms with Crippen molar-refractivity contribution in [2.45, 2.75) is 6.54 Å². The maximum absolute atomic E-state index is 12.3. The number of carbonyl (C=O) groups excluding carboxylic acids is 1. The fourth-order valence-electron chi connectivity index (χ4n) is 2.85. The summed E-state index contributed by atoms with van der Waals surface area (Å²) in [4.78, 5) is 24.7. The molecule has 0 bridgehead atoms. The molecule has 0 fully saturated rings. The van der Waals surface area contributed by atoms with E-state index in [-0.39, 0.29) is 18.1 Å². The third kappa shape index (κ3) is 5.88. The number of amides is 1. The maximum atomic E-state index is 12.3. The summed E-state index contributed by atoms with van der Waals surface area (Å²) >= 11 is 0. The fraction of sp³-hybridized carbons (Fsp3) is 0.136. The number of anilines is 1. The van der Waals surface area contributed by atoms with Gasteiger partial charge in [0.15, 0.2) is 0 Å². The second kappa shape index (κ2) is 9.48. The number of hydrogen-bond donors (Lipinski definition) is 1. The number of nitro benzene ring substituents is 1. The Labute approximate surface area is 168 Å². The van der Waals surface area contributed by atoms with Crippen LogP contribution >= 0.6 is 0 Å². The summed E-state index contributed by atoms with van der Waals surface area (Å²) in [7, 11) is 1.74. The first-order valence-electron chi connectivity index (χ1n) is 9.05. The number of nitrogens with zero attached hydrogens (tertiary/aromatic N) is 2. The lowest BCUT2D eigenvalue weighted by atomic mass is 10.1. The van der Waals surface area contributed by atoms with Crippen LogP contribution in [0.5, 0.6) is 11.5 Å². The average Bonchev–Trinajstić information content (AvgIpc) is 2.70. The number of rotatable bonds is 8. The van der Waals surface area contributed by atoms with E-state index in [1.807, 2.05) is 30.3 Å². The monoisotopic (exact) mass is 391 g/mol. The highest BCUT2D eigenvalue weighted by Gasteiger charge is 2.15. The second-order valence-electron chi connectivity index (χ2n) is 6.55. The Bertz CT molecular complexity index is 975. The van der Waals surface area contributed by atoms with E-state index >= 15 is 0 Å². The molecule has 7 heteroatoms. The molecule has 148 valence electrons. The summed E-state index contributed by atoms with van der Waals surface area (Å²) in [5.74, 6) is 1.20. The van der Waals surface area contributed by atoms with E-state index in [1.165, 1.54) is 6.07 Å². The minimum Gasteiger partial charge on any atom is -0.457 e. The lowest BCUT2D eigenvalue weighted by molar-refractivity contribution is -0.385. The summed E-state index contributed by atoms with van der Waals surface area (Å²) in [6.07, 6.45) is 0.